The zero-order valence-electron chi connectivity index (χ0n) is 23.3. The van der Waals surface area contributed by atoms with Crippen LogP contribution in [0, 0.1) is 6.92 Å². The Bertz CT molecular complexity index is 1630. The molecule has 0 unspecified atom stereocenters. The summed E-state index contributed by atoms with van der Waals surface area (Å²) in [6.07, 6.45) is -2.35. The number of halogens is 3. The van der Waals surface area contributed by atoms with E-state index in [1.807, 2.05) is 6.92 Å². The summed E-state index contributed by atoms with van der Waals surface area (Å²) in [6.45, 7) is 5.20. The van der Waals surface area contributed by atoms with Crippen molar-refractivity contribution < 1.29 is 22.7 Å². The molecule has 11 nitrogen and oxygen atoms in total. The van der Waals surface area contributed by atoms with Gasteiger partial charge in [0.25, 0.3) is 5.91 Å². The Kier molecular flexibility index (Phi) is 7.98. The van der Waals surface area contributed by atoms with Crippen LogP contribution >= 0.6 is 0 Å². The monoisotopic (exact) mass is 581 g/mol. The number of benzene rings is 2. The van der Waals surface area contributed by atoms with Crippen molar-refractivity contribution in [3.05, 3.63) is 59.4 Å². The molecular formula is C28H30F3N9O2. The average molecular weight is 582 g/mol. The van der Waals surface area contributed by atoms with E-state index in [4.69, 9.17) is 15.5 Å². The van der Waals surface area contributed by atoms with Crippen molar-refractivity contribution in [2.75, 3.05) is 61.6 Å². The number of hydrogen-bond acceptors (Lipinski definition) is 10. The molecule has 0 aliphatic carbocycles. The minimum absolute atomic E-state index is 0.0237. The largest absolute Gasteiger partial charge is 0.496 e. The van der Waals surface area contributed by atoms with Crippen LogP contribution in [0.3, 0.4) is 0 Å². The molecule has 14 heteroatoms. The molecule has 1 saturated heterocycles. The number of carbonyl (C=O) groups is 1. The first kappa shape index (κ1) is 28.8. The van der Waals surface area contributed by atoms with Gasteiger partial charge < -0.3 is 30.9 Å². The van der Waals surface area contributed by atoms with Crippen LogP contribution in [-0.4, -0.2) is 71.1 Å². The lowest BCUT2D eigenvalue weighted by atomic mass is 10.1. The van der Waals surface area contributed by atoms with Gasteiger partial charge in [0.15, 0.2) is 11.6 Å². The highest BCUT2D eigenvalue weighted by Crippen LogP contribution is 2.38. The molecule has 220 valence electrons. The zero-order chi connectivity index (χ0) is 30.0. The number of nitrogens with zero attached hydrogens (tertiary/aromatic N) is 6. The molecule has 1 fully saturated rings. The van der Waals surface area contributed by atoms with E-state index in [0.717, 1.165) is 57.4 Å². The molecule has 0 atom stereocenters. The van der Waals surface area contributed by atoms with Crippen LogP contribution in [0.2, 0.25) is 0 Å². The summed E-state index contributed by atoms with van der Waals surface area (Å²) >= 11 is 0. The van der Waals surface area contributed by atoms with Crippen molar-refractivity contribution in [2.24, 2.45) is 0 Å². The number of methoxy groups -OCH3 is 1. The third-order valence-electron chi connectivity index (χ3n) is 7.02. The van der Waals surface area contributed by atoms with Crippen molar-refractivity contribution in [1.29, 1.82) is 0 Å². The predicted octanol–water partition coefficient (Wildman–Crippen LogP) is 4.48. The number of nitrogens with two attached hydrogens (primary N) is 1. The summed E-state index contributed by atoms with van der Waals surface area (Å²) < 4.78 is 45.2. The van der Waals surface area contributed by atoms with Crippen LogP contribution in [0.15, 0.2) is 42.7 Å². The topological polar surface area (TPSA) is 134 Å². The molecule has 0 radical (unpaired) electrons. The maximum Gasteiger partial charge on any atom is 0.420 e. The van der Waals surface area contributed by atoms with Crippen LogP contribution in [0.4, 0.5) is 42.1 Å². The number of alkyl halides is 3. The first-order chi connectivity index (χ1) is 20.0. The number of aryl methyl sites for hydroxylation is 1. The Morgan fingerprint density at radius 1 is 1.02 bits per heavy atom. The van der Waals surface area contributed by atoms with E-state index < -0.39 is 17.6 Å². The molecule has 4 aromatic rings. The molecule has 0 saturated carbocycles. The molecule has 0 bridgehead atoms. The fourth-order valence-electron chi connectivity index (χ4n) is 4.67. The summed E-state index contributed by atoms with van der Waals surface area (Å²) in [4.78, 5) is 35.3. The number of ether oxygens (including phenoxy) is 1. The maximum atomic E-state index is 13.4. The average Bonchev–Trinajstić information content (AvgIpc) is 3.18. The van der Waals surface area contributed by atoms with Gasteiger partial charge in [-0.25, -0.2) is 15.0 Å². The highest BCUT2D eigenvalue weighted by molar-refractivity contribution is 6.05. The Labute approximate surface area is 239 Å². The summed E-state index contributed by atoms with van der Waals surface area (Å²) in [7, 11) is 3.22. The number of hydrogen-bond donors (Lipinski definition) is 3. The Hall–Kier alpha value is -4.72. The lowest BCUT2D eigenvalue weighted by Gasteiger charge is -2.21. The molecule has 5 rings (SSSR count). The molecule has 1 aliphatic rings. The van der Waals surface area contributed by atoms with Crippen molar-refractivity contribution in [3.63, 3.8) is 0 Å². The van der Waals surface area contributed by atoms with Crippen molar-refractivity contribution in [2.45, 2.75) is 19.5 Å². The van der Waals surface area contributed by atoms with Crippen molar-refractivity contribution in [1.82, 2.24) is 24.8 Å². The fourth-order valence-corrected chi connectivity index (χ4v) is 4.67. The van der Waals surface area contributed by atoms with Gasteiger partial charge in [-0.3, -0.25) is 4.79 Å². The quantitative estimate of drug-likeness (QED) is 0.299. The lowest BCUT2D eigenvalue weighted by Crippen LogP contribution is -2.30. The second-order valence-corrected chi connectivity index (χ2v) is 9.99. The van der Waals surface area contributed by atoms with Gasteiger partial charge in [0.05, 0.1) is 12.7 Å². The molecule has 2 aromatic heterocycles. The summed E-state index contributed by atoms with van der Waals surface area (Å²) in [5.74, 6) is 0.142. The molecule has 42 heavy (non-hydrogen) atoms. The zero-order valence-corrected chi connectivity index (χ0v) is 23.3. The van der Waals surface area contributed by atoms with Gasteiger partial charge in [-0.05, 0) is 62.8 Å². The Balaban J connectivity index is 1.43. The normalized spacial score (nSPS) is 14.5. The van der Waals surface area contributed by atoms with E-state index in [1.54, 1.807) is 18.2 Å². The second kappa shape index (κ2) is 11.6. The van der Waals surface area contributed by atoms with Gasteiger partial charge in [0.1, 0.15) is 23.1 Å². The lowest BCUT2D eigenvalue weighted by molar-refractivity contribution is -0.138. The molecule has 4 N–H and O–H groups in total. The number of fused-ring (bicyclic) bond motifs is 1. The van der Waals surface area contributed by atoms with Crippen LogP contribution in [-0.2, 0) is 6.18 Å². The van der Waals surface area contributed by atoms with Crippen LogP contribution in [0.5, 0.6) is 5.75 Å². The third kappa shape index (κ3) is 6.12. The standard InChI is InChI=1S/C28H30F3N9O2/c1-16-5-6-17(26(41)35-18-7-8-21(42-3)19(14-18)28(29,30)31)13-20(16)36-25-23-22(33-15-34-25)24(32)38-27(37-23)40-10-4-9-39(2)11-12-40/h5-8,13-15H,4,9-12H2,1-3H3,(H,35,41)(H2,32,37,38)(H,33,34,36). The number of anilines is 5. The number of likely N-dealkylation sites (N-methyl/N-ethyl adjacent to an activating group) is 1. The van der Waals surface area contributed by atoms with Gasteiger partial charge in [-0.1, -0.05) is 6.07 Å². The van der Waals surface area contributed by atoms with Crippen molar-refractivity contribution >= 4 is 45.9 Å². The van der Waals surface area contributed by atoms with Crippen LogP contribution in [0.1, 0.15) is 27.9 Å². The van der Waals surface area contributed by atoms with Gasteiger partial charge in [-0.2, -0.15) is 18.2 Å². The third-order valence-corrected chi connectivity index (χ3v) is 7.02. The van der Waals surface area contributed by atoms with Gasteiger partial charge in [0.2, 0.25) is 5.95 Å². The van der Waals surface area contributed by atoms with Gasteiger partial charge >= 0.3 is 6.18 Å². The predicted molar refractivity (Wildman–Crippen MR) is 154 cm³/mol. The molecule has 2 aromatic carbocycles. The highest BCUT2D eigenvalue weighted by atomic mass is 19.4. The SMILES string of the molecule is COc1ccc(NC(=O)c2ccc(C)c(Nc3ncnc4c(N)nc(N5CCCN(C)CC5)nc34)c2)cc1C(F)(F)F. The van der Waals surface area contributed by atoms with Crippen LogP contribution < -0.4 is 26.0 Å². The first-order valence-corrected chi connectivity index (χ1v) is 13.2. The van der Waals surface area contributed by atoms with E-state index in [1.165, 1.54) is 12.4 Å². The number of rotatable bonds is 6. The van der Waals surface area contributed by atoms with E-state index in [9.17, 15) is 18.0 Å². The smallest absolute Gasteiger partial charge is 0.420 e. The molecular weight excluding hydrogens is 551 g/mol. The number of amides is 1. The van der Waals surface area contributed by atoms with E-state index in [0.29, 0.717) is 28.5 Å². The molecule has 1 aliphatic heterocycles. The van der Waals surface area contributed by atoms with E-state index in [-0.39, 0.29) is 22.8 Å². The number of nitrogens with one attached hydrogen (secondary N) is 2. The Morgan fingerprint density at radius 3 is 2.60 bits per heavy atom. The van der Waals surface area contributed by atoms with Crippen LogP contribution in [0.25, 0.3) is 11.0 Å². The van der Waals surface area contributed by atoms with Crippen molar-refractivity contribution in [3.8, 4) is 5.75 Å². The highest BCUT2D eigenvalue weighted by Gasteiger charge is 2.34. The number of carbonyl (C=O) groups excluding carboxylic acids is 1. The Morgan fingerprint density at radius 2 is 1.83 bits per heavy atom. The number of nitrogen functional groups attached to an aromatic ring is 1. The molecule has 1 amide bonds. The van der Waals surface area contributed by atoms with Gasteiger partial charge in [-0.15, -0.1) is 0 Å². The van der Waals surface area contributed by atoms with E-state index >= 15 is 0 Å². The minimum atomic E-state index is -4.65. The number of aromatic nitrogens is 4. The second-order valence-electron chi connectivity index (χ2n) is 9.99. The summed E-state index contributed by atoms with van der Waals surface area (Å²) in [5.41, 5.74) is 7.62. The molecule has 3 heterocycles. The summed E-state index contributed by atoms with van der Waals surface area (Å²) in [5, 5.41) is 5.75. The minimum Gasteiger partial charge on any atom is -0.496 e. The first-order valence-electron chi connectivity index (χ1n) is 13.2. The molecule has 0 spiro atoms. The fraction of sp³-hybridized carbons (Fsp3) is 0.321. The maximum absolute atomic E-state index is 13.4. The van der Waals surface area contributed by atoms with Gasteiger partial charge in [0, 0.05) is 36.6 Å². The van der Waals surface area contributed by atoms with E-state index in [2.05, 4.69) is 42.4 Å². The summed E-state index contributed by atoms with van der Waals surface area (Å²) in [6, 6.07) is 8.22.